The minimum atomic E-state index is -0.705. The van der Waals surface area contributed by atoms with E-state index in [2.05, 4.69) is 0 Å². The maximum Gasteiger partial charge on any atom is 0.115 e. The summed E-state index contributed by atoms with van der Waals surface area (Å²) in [5.74, 6) is 0. The van der Waals surface area contributed by atoms with Gasteiger partial charge in [-0.2, -0.15) is 0 Å². The molecule has 0 radical (unpaired) electrons. The number of ether oxygens (including phenoxy) is 3. The maximum atomic E-state index is 10.5. The lowest BCUT2D eigenvalue weighted by atomic mass is 10.0. The van der Waals surface area contributed by atoms with Crippen LogP contribution in [0, 0.1) is 0 Å². The van der Waals surface area contributed by atoms with E-state index in [-0.39, 0.29) is 12.2 Å². The molecule has 4 atom stereocenters. The summed E-state index contributed by atoms with van der Waals surface area (Å²) in [6, 6.07) is 19.9. The molecule has 2 aromatic rings. The Hall–Kier alpha value is -1.72. The van der Waals surface area contributed by atoms with Crippen LogP contribution in [0.5, 0.6) is 0 Å². The molecule has 0 bridgehead atoms. The fourth-order valence-electron chi connectivity index (χ4n) is 2.82. The summed E-state index contributed by atoms with van der Waals surface area (Å²) in [6.45, 7) is 3.20. The van der Waals surface area contributed by atoms with Crippen molar-refractivity contribution in [3.05, 3.63) is 71.8 Å². The van der Waals surface area contributed by atoms with Crippen LogP contribution in [0.15, 0.2) is 60.7 Å². The highest BCUT2D eigenvalue weighted by molar-refractivity contribution is 5.14. The third-order valence-corrected chi connectivity index (χ3v) is 4.30. The van der Waals surface area contributed by atoms with E-state index >= 15 is 0 Å². The Kier molecular flexibility index (Phi) is 5.99. The van der Waals surface area contributed by atoms with Gasteiger partial charge in [-0.1, -0.05) is 60.7 Å². The SMILES string of the molecule is CC1OCC(OCc2ccccc2)[C@@H](OCc2ccccc2)[C@@H]1O. The maximum absolute atomic E-state index is 10.5. The molecular weight excluding hydrogens is 304 g/mol. The second-order valence-corrected chi connectivity index (χ2v) is 6.13. The number of hydrogen-bond acceptors (Lipinski definition) is 4. The first-order chi connectivity index (χ1) is 11.7. The Morgan fingerprint density at radius 1 is 0.917 bits per heavy atom. The van der Waals surface area contributed by atoms with Crippen LogP contribution in [-0.2, 0) is 27.4 Å². The number of aliphatic hydroxyl groups is 1. The molecule has 2 unspecified atom stereocenters. The number of aliphatic hydroxyl groups excluding tert-OH is 1. The van der Waals surface area contributed by atoms with Crippen molar-refractivity contribution in [1.82, 2.24) is 0 Å². The molecule has 4 nitrogen and oxygen atoms in total. The summed E-state index contributed by atoms with van der Waals surface area (Å²) in [5, 5.41) is 10.5. The highest BCUT2D eigenvalue weighted by atomic mass is 16.6. The first-order valence-electron chi connectivity index (χ1n) is 8.35. The Balaban J connectivity index is 1.61. The molecular formula is C20H24O4. The molecule has 2 aromatic carbocycles. The molecule has 1 saturated heterocycles. The van der Waals surface area contributed by atoms with E-state index in [0.29, 0.717) is 19.8 Å². The van der Waals surface area contributed by atoms with E-state index in [1.807, 2.05) is 67.6 Å². The normalized spacial score (nSPS) is 27.1. The lowest BCUT2D eigenvalue weighted by Gasteiger charge is -2.38. The number of rotatable bonds is 6. The topological polar surface area (TPSA) is 47.9 Å². The fraction of sp³-hybridized carbons (Fsp3) is 0.400. The molecule has 1 heterocycles. The van der Waals surface area contributed by atoms with Crippen molar-refractivity contribution in [3.8, 4) is 0 Å². The van der Waals surface area contributed by atoms with Crippen LogP contribution >= 0.6 is 0 Å². The second-order valence-electron chi connectivity index (χ2n) is 6.13. The molecule has 4 heteroatoms. The van der Waals surface area contributed by atoms with Crippen LogP contribution < -0.4 is 0 Å². The molecule has 1 aliphatic rings. The van der Waals surface area contributed by atoms with Crippen molar-refractivity contribution in [2.75, 3.05) is 6.61 Å². The van der Waals surface area contributed by atoms with Gasteiger partial charge in [0.05, 0.1) is 25.9 Å². The van der Waals surface area contributed by atoms with Crippen molar-refractivity contribution in [2.24, 2.45) is 0 Å². The largest absolute Gasteiger partial charge is 0.388 e. The molecule has 1 aliphatic heterocycles. The molecule has 128 valence electrons. The third kappa shape index (κ3) is 4.42. The summed E-state index contributed by atoms with van der Waals surface area (Å²) in [4.78, 5) is 0. The van der Waals surface area contributed by atoms with Gasteiger partial charge in [-0.3, -0.25) is 0 Å². The molecule has 0 amide bonds. The predicted octanol–water partition coefficient (Wildman–Crippen LogP) is 2.94. The van der Waals surface area contributed by atoms with E-state index < -0.39 is 12.2 Å². The van der Waals surface area contributed by atoms with Crippen LogP contribution in [0.4, 0.5) is 0 Å². The van der Waals surface area contributed by atoms with Crippen molar-refractivity contribution in [3.63, 3.8) is 0 Å². The van der Waals surface area contributed by atoms with Gasteiger partial charge >= 0.3 is 0 Å². The van der Waals surface area contributed by atoms with Gasteiger partial charge in [0.1, 0.15) is 18.3 Å². The molecule has 1 N–H and O–H groups in total. The Labute approximate surface area is 143 Å². The number of benzene rings is 2. The van der Waals surface area contributed by atoms with Crippen LogP contribution in [0.2, 0.25) is 0 Å². The Morgan fingerprint density at radius 2 is 1.46 bits per heavy atom. The minimum Gasteiger partial charge on any atom is -0.388 e. The van der Waals surface area contributed by atoms with Gasteiger partial charge in [0.25, 0.3) is 0 Å². The van der Waals surface area contributed by atoms with Crippen molar-refractivity contribution in [1.29, 1.82) is 0 Å². The fourth-order valence-corrected chi connectivity index (χ4v) is 2.82. The first kappa shape index (κ1) is 17.1. The van der Waals surface area contributed by atoms with Gasteiger partial charge in [0.15, 0.2) is 0 Å². The monoisotopic (exact) mass is 328 g/mol. The lowest BCUT2D eigenvalue weighted by molar-refractivity contribution is -0.218. The summed E-state index contributed by atoms with van der Waals surface area (Å²) in [5.41, 5.74) is 2.16. The molecule has 24 heavy (non-hydrogen) atoms. The van der Waals surface area contributed by atoms with E-state index in [1.165, 1.54) is 0 Å². The summed E-state index contributed by atoms with van der Waals surface area (Å²) in [6.07, 6.45) is -1.66. The van der Waals surface area contributed by atoms with Gasteiger partial charge < -0.3 is 19.3 Å². The van der Waals surface area contributed by atoms with Crippen LogP contribution in [-0.4, -0.2) is 36.1 Å². The van der Waals surface area contributed by atoms with E-state index in [0.717, 1.165) is 11.1 Å². The minimum absolute atomic E-state index is 0.262. The second kappa shape index (κ2) is 8.40. The van der Waals surface area contributed by atoms with E-state index in [4.69, 9.17) is 14.2 Å². The van der Waals surface area contributed by atoms with Gasteiger partial charge in [-0.15, -0.1) is 0 Å². The average Bonchev–Trinajstić information content (AvgIpc) is 2.63. The summed E-state index contributed by atoms with van der Waals surface area (Å²) >= 11 is 0. The molecule has 0 aromatic heterocycles. The van der Waals surface area contributed by atoms with Crippen LogP contribution in [0.3, 0.4) is 0 Å². The van der Waals surface area contributed by atoms with E-state index in [1.54, 1.807) is 0 Å². The van der Waals surface area contributed by atoms with Gasteiger partial charge in [-0.05, 0) is 18.1 Å². The molecule has 0 spiro atoms. The average molecular weight is 328 g/mol. The molecule has 0 saturated carbocycles. The Morgan fingerprint density at radius 3 is 2.04 bits per heavy atom. The van der Waals surface area contributed by atoms with Gasteiger partial charge in [0.2, 0.25) is 0 Å². The number of hydrogen-bond donors (Lipinski definition) is 1. The van der Waals surface area contributed by atoms with E-state index in [9.17, 15) is 5.11 Å². The smallest absolute Gasteiger partial charge is 0.115 e. The highest BCUT2D eigenvalue weighted by Gasteiger charge is 2.39. The molecule has 3 rings (SSSR count). The Bertz CT molecular complexity index is 602. The molecule has 1 fully saturated rings. The van der Waals surface area contributed by atoms with Crippen LogP contribution in [0.25, 0.3) is 0 Å². The predicted molar refractivity (Wildman–Crippen MR) is 91.5 cm³/mol. The van der Waals surface area contributed by atoms with Gasteiger partial charge in [-0.25, -0.2) is 0 Å². The molecule has 0 aliphatic carbocycles. The highest BCUT2D eigenvalue weighted by Crippen LogP contribution is 2.23. The third-order valence-electron chi connectivity index (χ3n) is 4.30. The lowest BCUT2D eigenvalue weighted by Crippen LogP contribution is -2.54. The first-order valence-corrected chi connectivity index (χ1v) is 8.35. The van der Waals surface area contributed by atoms with Crippen molar-refractivity contribution >= 4 is 0 Å². The standard InChI is InChI=1S/C20H24O4/c1-15-19(21)20(24-13-17-10-6-3-7-11-17)18(14-22-15)23-12-16-8-4-2-5-9-16/h2-11,15,18-21H,12-14H2,1H3/t15?,18?,19-,20-/m1/s1. The van der Waals surface area contributed by atoms with Gasteiger partial charge in [0, 0.05) is 0 Å². The van der Waals surface area contributed by atoms with Crippen molar-refractivity contribution < 1.29 is 19.3 Å². The zero-order valence-electron chi connectivity index (χ0n) is 13.9. The summed E-state index contributed by atoms with van der Waals surface area (Å²) in [7, 11) is 0. The zero-order valence-corrected chi connectivity index (χ0v) is 13.9. The quantitative estimate of drug-likeness (QED) is 0.886. The van der Waals surface area contributed by atoms with Crippen molar-refractivity contribution in [2.45, 2.75) is 44.6 Å². The van der Waals surface area contributed by atoms with Crippen LogP contribution in [0.1, 0.15) is 18.1 Å². The zero-order chi connectivity index (χ0) is 16.8. The summed E-state index contributed by atoms with van der Waals surface area (Å²) < 4.78 is 17.6.